The number of anilines is 1. The molecule has 0 amide bonds. The number of nitrogens with two attached hydrogens (primary N) is 1. The van der Waals surface area contributed by atoms with Crippen LogP contribution in [0.2, 0.25) is 0 Å². The molecule has 7 nitrogen and oxygen atoms in total. The first kappa shape index (κ1) is 15.6. The summed E-state index contributed by atoms with van der Waals surface area (Å²) < 4.78 is 4.68. The maximum Gasteiger partial charge on any atom is 0.376 e. The van der Waals surface area contributed by atoms with Gasteiger partial charge in [0, 0.05) is 44.5 Å². The standard InChI is InChI=1S/C13H19N5O2S/c1-9-7-11(16-12(15-9)13(19)20-2)18-5-3-17(4-6-18)8-10(14)21/h7H,3-6,8H2,1-2H3,(H2,14,21). The van der Waals surface area contributed by atoms with Crippen molar-refractivity contribution in [2.45, 2.75) is 6.92 Å². The first-order valence-electron chi connectivity index (χ1n) is 6.69. The molecule has 0 aromatic carbocycles. The predicted molar refractivity (Wildman–Crippen MR) is 83.5 cm³/mol. The fourth-order valence-corrected chi connectivity index (χ4v) is 2.43. The summed E-state index contributed by atoms with van der Waals surface area (Å²) in [5.41, 5.74) is 6.30. The van der Waals surface area contributed by atoms with E-state index in [1.807, 2.05) is 13.0 Å². The molecule has 1 saturated heterocycles. The average molecular weight is 309 g/mol. The van der Waals surface area contributed by atoms with Crippen LogP contribution in [0.3, 0.4) is 0 Å². The maximum absolute atomic E-state index is 11.6. The Morgan fingerprint density at radius 1 is 1.38 bits per heavy atom. The highest BCUT2D eigenvalue weighted by molar-refractivity contribution is 7.80. The third kappa shape index (κ3) is 4.08. The minimum Gasteiger partial charge on any atom is -0.463 e. The van der Waals surface area contributed by atoms with E-state index in [9.17, 15) is 4.79 Å². The molecule has 2 N–H and O–H groups in total. The lowest BCUT2D eigenvalue weighted by Gasteiger charge is -2.35. The van der Waals surface area contributed by atoms with Crippen molar-refractivity contribution in [3.63, 3.8) is 0 Å². The van der Waals surface area contributed by atoms with Crippen LogP contribution < -0.4 is 10.6 Å². The van der Waals surface area contributed by atoms with Gasteiger partial charge in [-0.3, -0.25) is 4.90 Å². The number of hydrogen-bond donors (Lipinski definition) is 1. The smallest absolute Gasteiger partial charge is 0.376 e. The van der Waals surface area contributed by atoms with Crippen LogP contribution in [-0.4, -0.2) is 65.7 Å². The molecule has 0 saturated carbocycles. The van der Waals surface area contributed by atoms with Gasteiger partial charge in [0.05, 0.1) is 12.1 Å². The Morgan fingerprint density at radius 2 is 2.05 bits per heavy atom. The van der Waals surface area contributed by atoms with Gasteiger partial charge in [-0.2, -0.15) is 0 Å². The second-order valence-electron chi connectivity index (χ2n) is 4.91. The van der Waals surface area contributed by atoms with Gasteiger partial charge < -0.3 is 15.4 Å². The lowest BCUT2D eigenvalue weighted by Crippen LogP contribution is -2.49. The van der Waals surface area contributed by atoms with Crippen LogP contribution >= 0.6 is 12.2 Å². The lowest BCUT2D eigenvalue weighted by atomic mass is 10.3. The second-order valence-corrected chi connectivity index (χ2v) is 5.44. The quantitative estimate of drug-likeness (QED) is 0.613. The molecule has 2 heterocycles. The van der Waals surface area contributed by atoms with E-state index in [1.54, 1.807) is 0 Å². The number of esters is 1. The second kappa shape index (κ2) is 6.77. The van der Waals surface area contributed by atoms with E-state index in [0.717, 1.165) is 37.7 Å². The number of aryl methyl sites for hydroxylation is 1. The molecule has 0 unspecified atom stereocenters. The number of piperazine rings is 1. The van der Waals surface area contributed by atoms with Crippen LogP contribution in [0, 0.1) is 6.92 Å². The van der Waals surface area contributed by atoms with Crippen LogP contribution in [-0.2, 0) is 4.74 Å². The number of thiocarbonyl (C=S) groups is 1. The third-order valence-corrected chi connectivity index (χ3v) is 3.41. The lowest BCUT2D eigenvalue weighted by molar-refractivity contribution is 0.0586. The molecular formula is C13H19N5O2S. The summed E-state index contributed by atoms with van der Waals surface area (Å²) >= 11 is 4.93. The highest BCUT2D eigenvalue weighted by Gasteiger charge is 2.20. The van der Waals surface area contributed by atoms with E-state index in [1.165, 1.54) is 7.11 Å². The Morgan fingerprint density at radius 3 is 2.62 bits per heavy atom. The molecular weight excluding hydrogens is 290 g/mol. The molecule has 21 heavy (non-hydrogen) atoms. The Hall–Kier alpha value is -1.80. The average Bonchev–Trinajstić information content (AvgIpc) is 2.46. The fraction of sp³-hybridized carbons (Fsp3) is 0.538. The SMILES string of the molecule is COC(=O)c1nc(C)cc(N2CCN(CC(N)=S)CC2)n1. The molecule has 0 spiro atoms. The van der Waals surface area contributed by atoms with Crippen molar-refractivity contribution in [3.8, 4) is 0 Å². The molecule has 1 aliphatic heterocycles. The van der Waals surface area contributed by atoms with Crippen molar-refractivity contribution < 1.29 is 9.53 Å². The van der Waals surface area contributed by atoms with Crippen molar-refractivity contribution in [2.24, 2.45) is 5.73 Å². The number of rotatable bonds is 4. The highest BCUT2D eigenvalue weighted by atomic mass is 32.1. The third-order valence-electron chi connectivity index (χ3n) is 3.28. The van der Waals surface area contributed by atoms with Gasteiger partial charge in [0.1, 0.15) is 5.82 Å². The molecule has 0 aliphatic carbocycles. The Labute approximate surface area is 129 Å². The number of carbonyl (C=O) groups excluding carboxylic acids is 1. The number of nitrogens with zero attached hydrogens (tertiary/aromatic N) is 4. The van der Waals surface area contributed by atoms with Crippen molar-refractivity contribution in [1.29, 1.82) is 0 Å². The number of ether oxygens (including phenoxy) is 1. The number of carbonyl (C=O) groups is 1. The van der Waals surface area contributed by atoms with Gasteiger partial charge in [-0.05, 0) is 6.92 Å². The van der Waals surface area contributed by atoms with E-state index in [-0.39, 0.29) is 5.82 Å². The van der Waals surface area contributed by atoms with Gasteiger partial charge in [0.15, 0.2) is 0 Å². The molecule has 114 valence electrons. The zero-order chi connectivity index (χ0) is 15.4. The summed E-state index contributed by atoms with van der Waals surface area (Å²) in [5, 5.41) is 0. The summed E-state index contributed by atoms with van der Waals surface area (Å²) in [6.45, 7) is 5.79. The van der Waals surface area contributed by atoms with Crippen LogP contribution in [0.1, 0.15) is 16.3 Å². The Bertz CT molecular complexity index is 543. The predicted octanol–water partition coefficient (Wildman–Crippen LogP) is -0.0203. The summed E-state index contributed by atoms with van der Waals surface area (Å²) in [4.78, 5) is 24.8. The molecule has 8 heteroatoms. The summed E-state index contributed by atoms with van der Waals surface area (Å²) in [7, 11) is 1.32. The van der Waals surface area contributed by atoms with Crippen LogP contribution in [0.5, 0.6) is 0 Å². The van der Waals surface area contributed by atoms with Gasteiger partial charge in [-0.1, -0.05) is 12.2 Å². The molecule has 1 aromatic rings. The summed E-state index contributed by atoms with van der Waals surface area (Å²) in [6.07, 6.45) is 0. The van der Waals surface area contributed by atoms with Gasteiger partial charge in [0.25, 0.3) is 0 Å². The fourth-order valence-electron chi connectivity index (χ4n) is 2.25. The van der Waals surface area contributed by atoms with E-state index in [2.05, 4.69) is 24.5 Å². The van der Waals surface area contributed by atoms with Crippen molar-refractivity contribution >= 4 is 29.0 Å². The maximum atomic E-state index is 11.6. The minimum absolute atomic E-state index is 0.0954. The topological polar surface area (TPSA) is 84.6 Å². The monoisotopic (exact) mass is 309 g/mol. The molecule has 2 rings (SSSR count). The summed E-state index contributed by atoms with van der Waals surface area (Å²) in [5.74, 6) is 0.322. The van der Waals surface area contributed by atoms with Crippen molar-refractivity contribution in [3.05, 3.63) is 17.6 Å². The number of hydrogen-bond acceptors (Lipinski definition) is 7. The Kier molecular flexibility index (Phi) is 5.03. The largest absolute Gasteiger partial charge is 0.463 e. The van der Waals surface area contributed by atoms with Crippen molar-refractivity contribution in [2.75, 3.05) is 44.7 Å². The van der Waals surface area contributed by atoms with Gasteiger partial charge >= 0.3 is 5.97 Å². The molecule has 0 radical (unpaired) electrons. The first-order valence-corrected chi connectivity index (χ1v) is 7.10. The molecule has 1 fully saturated rings. The number of methoxy groups -OCH3 is 1. The van der Waals surface area contributed by atoms with Crippen LogP contribution in [0.4, 0.5) is 5.82 Å². The van der Waals surface area contributed by atoms with Crippen LogP contribution in [0.25, 0.3) is 0 Å². The highest BCUT2D eigenvalue weighted by Crippen LogP contribution is 2.15. The van der Waals surface area contributed by atoms with E-state index in [4.69, 9.17) is 18.0 Å². The molecule has 1 aliphatic rings. The first-order chi connectivity index (χ1) is 9.99. The zero-order valence-electron chi connectivity index (χ0n) is 12.2. The molecule has 1 aromatic heterocycles. The number of aromatic nitrogens is 2. The van der Waals surface area contributed by atoms with Gasteiger partial charge in [0.2, 0.25) is 5.82 Å². The van der Waals surface area contributed by atoms with Gasteiger partial charge in [-0.25, -0.2) is 14.8 Å². The van der Waals surface area contributed by atoms with Crippen molar-refractivity contribution in [1.82, 2.24) is 14.9 Å². The Balaban J connectivity index is 2.08. The van der Waals surface area contributed by atoms with Gasteiger partial charge in [-0.15, -0.1) is 0 Å². The van der Waals surface area contributed by atoms with E-state index < -0.39 is 5.97 Å². The minimum atomic E-state index is -0.521. The summed E-state index contributed by atoms with van der Waals surface area (Å²) in [6, 6.07) is 1.87. The van der Waals surface area contributed by atoms with E-state index >= 15 is 0 Å². The van der Waals surface area contributed by atoms with E-state index in [0.29, 0.717) is 11.5 Å². The van der Waals surface area contributed by atoms with Crippen LogP contribution in [0.15, 0.2) is 6.07 Å². The molecule has 0 bridgehead atoms. The molecule has 0 atom stereocenters. The normalized spacial score (nSPS) is 15.8. The zero-order valence-corrected chi connectivity index (χ0v) is 13.0.